The first kappa shape index (κ1) is 13.0. The van der Waals surface area contributed by atoms with Gasteiger partial charge in [0.15, 0.2) is 0 Å². The molecule has 0 atom stereocenters. The molecule has 100 valence electrons. The first-order valence-corrected chi connectivity index (χ1v) is 6.62. The molecule has 0 spiro atoms. The normalized spacial score (nSPS) is 10.9. The molecule has 3 aromatic rings. The lowest BCUT2D eigenvalue weighted by molar-refractivity contribution is 0.0688. The average molecular weight is 306 g/mol. The Labute approximate surface area is 125 Å². The quantitative estimate of drug-likeness (QED) is 0.749. The summed E-state index contributed by atoms with van der Waals surface area (Å²) in [5.41, 5.74) is 1.59. The van der Waals surface area contributed by atoms with Gasteiger partial charge in [-0.15, -0.1) is 0 Å². The number of carboxylic acid groups (broad SMARTS) is 1. The Morgan fingerprint density at radius 2 is 1.65 bits per heavy atom. The van der Waals surface area contributed by atoms with Crippen molar-refractivity contribution in [3.05, 3.63) is 64.3 Å². The second-order valence-electron chi connectivity index (χ2n) is 4.36. The zero-order valence-corrected chi connectivity index (χ0v) is 11.7. The highest BCUT2D eigenvalue weighted by atomic mass is 35.5. The third-order valence-electron chi connectivity index (χ3n) is 3.04. The SMILES string of the molecule is O=C(O)c1cc2ccccc2n1-c1cc(Cl)cc(Cl)c1. The van der Waals surface area contributed by atoms with E-state index in [1.54, 1.807) is 28.8 Å². The van der Waals surface area contributed by atoms with Gasteiger partial charge in [0.2, 0.25) is 0 Å². The third kappa shape index (κ3) is 2.15. The van der Waals surface area contributed by atoms with Crippen LogP contribution in [0.25, 0.3) is 16.6 Å². The molecule has 0 unspecified atom stereocenters. The monoisotopic (exact) mass is 305 g/mol. The zero-order valence-electron chi connectivity index (χ0n) is 10.2. The number of fused-ring (bicyclic) bond motifs is 1. The number of hydrogen-bond acceptors (Lipinski definition) is 1. The van der Waals surface area contributed by atoms with Crippen LogP contribution in [0.2, 0.25) is 10.0 Å². The lowest BCUT2D eigenvalue weighted by atomic mass is 10.2. The highest BCUT2D eigenvalue weighted by Gasteiger charge is 2.16. The second-order valence-corrected chi connectivity index (χ2v) is 5.23. The fourth-order valence-corrected chi connectivity index (χ4v) is 2.77. The van der Waals surface area contributed by atoms with E-state index in [9.17, 15) is 9.90 Å². The van der Waals surface area contributed by atoms with Crippen LogP contribution in [0.1, 0.15) is 10.5 Å². The molecule has 0 bridgehead atoms. The molecular formula is C15H9Cl2NO2. The summed E-state index contributed by atoms with van der Waals surface area (Å²) < 4.78 is 1.63. The Bertz CT molecular complexity index is 804. The van der Waals surface area contributed by atoms with Crippen LogP contribution in [0.5, 0.6) is 0 Å². The molecule has 0 fully saturated rings. The van der Waals surface area contributed by atoms with Crippen LogP contribution in [0.15, 0.2) is 48.5 Å². The van der Waals surface area contributed by atoms with Crippen LogP contribution in [0.4, 0.5) is 0 Å². The zero-order chi connectivity index (χ0) is 14.3. The first-order chi connectivity index (χ1) is 9.56. The van der Waals surface area contributed by atoms with E-state index in [1.807, 2.05) is 24.3 Å². The molecule has 20 heavy (non-hydrogen) atoms. The molecular weight excluding hydrogens is 297 g/mol. The van der Waals surface area contributed by atoms with Crippen molar-refractivity contribution in [2.45, 2.75) is 0 Å². The maximum Gasteiger partial charge on any atom is 0.352 e. The van der Waals surface area contributed by atoms with Gasteiger partial charge in [0, 0.05) is 21.1 Å². The van der Waals surface area contributed by atoms with Gasteiger partial charge in [-0.2, -0.15) is 0 Å². The minimum atomic E-state index is -1.00. The van der Waals surface area contributed by atoms with Crippen molar-refractivity contribution in [2.75, 3.05) is 0 Å². The van der Waals surface area contributed by atoms with Crippen molar-refractivity contribution in [3.63, 3.8) is 0 Å². The van der Waals surface area contributed by atoms with Crippen LogP contribution < -0.4 is 0 Å². The van der Waals surface area contributed by atoms with Gasteiger partial charge in [0.1, 0.15) is 5.69 Å². The number of benzene rings is 2. The van der Waals surface area contributed by atoms with E-state index in [0.717, 1.165) is 10.9 Å². The molecule has 0 aliphatic rings. The average Bonchev–Trinajstić information content (AvgIpc) is 2.77. The van der Waals surface area contributed by atoms with Gasteiger partial charge in [-0.3, -0.25) is 0 Å². The Kier molecular flexibility index (Phi) is 3.16. The predicted octanol–water partition coefficient (Wildman–Crippen LogP) is 4.64. The molecule has 0 saturated carbocycles. The minimum Gasteiger partial charge on any atom is -0.477 e. The van der Waals surface area contributed by atoms with Crippen molar-refractivity contribution in [1.29, 1.82) is 0 Å². The molecule has 1 heterocycles. The molecule has 1 N–H and O–H groups in total. The summed E-state index contributed by atoms with van der Waals surface area (Å²) >= 11 is 12.0. The third-order valence-corrected chi connectivity index (χ3v) is 3.47. The molecule has 3 nitrogen and oxygen atoms in total. The van der Waals surface area contributed by atoms with Gasteiger partial charge in [-0.05, 0) is 30.3 Å². The lowest BCUT2D eigenvalue weighted by Crippen LogP contribution is -2.06. The maximum atomic E-state index is 11.4. The van der Waals surface area contributed by atoms with E-state index in [1.165, 1.54) is 0 Å². The van der Waals surface area contributed by atoms with Gasteiger partial charge >= 0.3 is 5.97 Å². The Morgan fingerprint density at radius 3 is 2.30 bits per heavy atom. The largest absolute Gasteiger partial charge is 0.477 e. The standard InChI is InChI=1S/C15H9Cl2NO2/c16-10-6-11(17)8-12(7-10)18-13-4-2-1-3-9(13)5-14(18)15(19)20/h1-8H,(H,19,20). The number of carbonyl (C=O) groups is 1. The van der Waals surface area contributed by atoms with Crippen molar-refractivity contribution < 1.29 is 9.90 Å². The molecule has 0 amide bonds. The summed E-state index contributed by atoms with van der Waals surface area (Å²) in [6, 6.07) is 14.1. The van der Waals surface area contributed by atoms with Crippen molar-refractivity contribution >= 4 is 40.1 Å². The maximum absolute atomic E-state index is 11.4. The highest BCUT2D eigenvalue weighted by Crippen LogP contribution is 2.28. The number of hydrogen-bond donors (Lipinski definition) is 1. The number of rotatable bonds is 2. The van der Waals surface area contributed by atoms with Crippen LogP contribution in [0.3, 0.4) is 0 Å². The minimum absolute atomic E-state index is 0.171. The topological polar surface area (TPSA) is 42.2 Å². The fourth-order valence-electron chi connectivity index (χ4n) is 2.26. The number of aromatic carboxylic acids is 1. The number of nitrogens with zero attached hydrogens (tertiary/aromatic N) is 1. The van der Waals surface area contributed by atoms with E-state index in [4.69, 9.17) is 23.2 Å². The van der Waals surface area contributed by atoms with E-state index < -0.39 is 5.97 Å². The molecule has 2 aromatic carbocycles. The number of para-hydroxylation sites is 1. The molecule has 0 saturated heterocycles. The first-order valence-electron chi connectivity index (χ1n) is 5.86. The Hall–Kier alpha value is -1.97. The van der Waals surface area contributed by atoms with Crippen molar-refractivity contribution in [1.82, 2.24) is 4.57 Å². The lowest BCUT2D eigenvalue weighted by Gasteiger charge is -2.09. The molecule has 0 aliphatic carbocycles. The fraction of sp³-hybridized carbons (Fsp3) is 0. The molecule has 1 aromatic heterocycles. The number of carboxylic acids is 1. The summed E-state index contributed by atoms with van der Waals surface area (Å²) in [4.78, 5) is 11.4. The molecule has 0 radical (unpaired) electrons. The van der Waals surface area contributed by atoms with Gasteiger partial charge in [0.05, 0.1) is 5.52 Å². The molecule has 3 rings (SSSR count). The van der Waals surface area contributed by atoms with E-state index in [2.05, 4.69) is 0 Å². The Balaban J connectivity index is 2.38. The van der Waals surface area contributed by atoms with Gasteiger partial charge in [0.25, 0.3) is 0 Å². The second kappa shape index (κ2) is 4.85. The molecule has 0 aliphatic heterocycles. The predicted molar refractivity (Wildman–Crippen MR) is 80.3 cm³/mol. The van der Waals surface area contributed by atoms with Crippen molar-refractivity contribution in [2.24, 2.45) is 0 Å². The van der Waals surface area contributed by atoms with Crippen molar-refractivity contribution in [3.8, 4) is 5.69 Å². The van der Waals surface area contributed by atoms with E-state index in [-0.39, 0.29) is 5.69 Å². The van der Waals surface area contributed by atoms with Gasteiger partial charge < -0.3 is 9.67 Å². The summed E-state index contributed by atoms with van der Waals surface area (Å²) in [5.74, 6) is -1.00. The van der Waals surface area contributed by atoms with Crippen LogP contribution >= 0.6 is 23.2 Å². The summed E-state index contributed by atoms with van der Waals surface area (Å²) in [6.45, 7) is 0. The van der Waals surface area contributed by atoms with Gasteiger partial charge in [-0.1, -0.05) is 41.4 Å². The van der Waals surface area contributed by atoms with Crippen LogP contribution in [0, 0.1) is 0 Å². The van der Waals surface area contributed by atoms with Crippen LogP contribution in [-0.2, 0) is 0 Å². The van der Waals surface area contributed by atoms with E-state index in [0.29, 0.717) is 15.7 Å². The number of aromatic nitrogens is 1. The number of halogens is 2. The summed E-state index contributed by atoms with van der Waals surface area (Å²) in [5, 5.41) is 11.1. The molecule has 5 heteroatoms. The van der Waals surface area contributed by atoms with E-state index >= 15 is 0 Å². The van der Waals surface area contributed by atoms with Gasteiger partial charge in [-0.25, -0.2) is 4.79 Å². The summed E-state index contributed by atoms with van der Waals surface area (Å²) in [7, 11) is 0. The van der Waals surface area contributed by atoms with Crippen LogP contribution in [-0.4, -0.2) is 15.6 Å². The smallest absolute Gasteiger partial charge is 0.352 e. The summed E-state index contributed by atoms with van der Waals surface area (Å²) in [6.07, 6.45) is 0. The highest BCUT2D eigenvalue weighted by molar-refractivity contribution is 6.34. The Morgan fingerprint density at radius 1 is 1.00 bits per heavy atom.